The van der Waals surface area contributed by atoms with Crippen LogP contribution in [0.2, 0.25) is 0 Å². The minimum atomic E-state index is -0.971. The highest BCUT2D eigenvalue weighted by Crippen LogP contribution is 2.28. The molecule has 144 valence electrons. The van der Waals surface area contributed by atoms with Gasteiger partial charge in [-0.25, -0.2) is 9.18 Å². The lowest BCUT2D eigenvalue weighted by Gasteiger charge is -2.31. The molecule has 9 heteroatoms. The molecule has 3 N–H and O–H groups in total. The van der Waals surface area contributed by atoms with Crippen molar-refractivity contribution < 1.29 is 23.8 Å². The van der Waals surface area contributed by atoms with E-state index in [1.54, 1.807) is 6.07 Å². The third-order valence-corrected chi connectivity index (χ3v) is 4.63. The van der Waals surface area contributed by atoms with Gasteiger partial charge in [-0.05, 0) is 42.0 Å². The van der Waals surface area contributed by atoms with E-state index in [0.717, 1.165) is 5.56 Å². The van der Waals surface area contributed by atoms with Crippen LogP contribution in [0.3, 0.4) is 0 Å². The summed E-state index contributed by atoms with van der Waals surface area (Å²) in [6.07, 6.45) is -1.34. The lowest BCUT2D eigenvalue weighted by atomic mass is 10.1. The van der Waals surface area contributed by atoms with Crippen molar-refractivity contribution >= 4 is 28.7 Å². The second kappa shape index (κ2) is 7.28. The van der Waals surface area contributed by atoms with E-state index in [4.69, 9.17) is 9.84 Å². The summed E-state index contributed by atoms with van der Waals surface area (Å²) in [6.45, 7) is 0.928. The standard InChI is InChI=1S/C19H17FN4O4/c20-13-4-1-11(2-5-13)18(25)21-17-14-6-3-12(9-15(14)22-23-17)16-10-24(19(26)27)7-8-28-16/h1-6,9,16H,7-8,10H2,(H,26,27)(H2,21,22,23,25). The summed E-state index contributed by atoms with van der Waals surface area (Å²) in [7, 11) is 0. The van der Waals surface area contributed by atoms with Crippen LogP contribution in [0.4, 0.5) is 15.0 Å². The quantitative estimate of drug-likeness (QED) is 0.643. The molecule has 1 aliphatic rings. The number of fused-ring (bicyclic) bond motifs is 1. The first kappa shape index (κ1) is 17.9. The van der Waals surface area contributed by atoms with Gasteiger partial charge in [0.15, 0.2) is 5.82 Å². The molecule has 0 radical (unpaired) electrons. The normalized spacial score (nSPS) is 16.9. The molecule has 2 heterocycles. The van der Waals surface area contributed by atoms with Gasteiger partial charge in [0, 0.05) is 17.5 Å². The Morgan fingerprint density at radius 3 is 2.79 bits per heavy atom. The van der Waals surface area contributed by atoms with Crippen molar-refractivity contribution in [2.75, 3.05) is 25.0 Å². The first-order valence-electron chi connectivity index (χ1n) is 8.65. The molecular weight excluding hydrogens is 367 g/mol. The highest BCUT2D eigenvalue weighted by atomic mass is 19.1. The van der Waals surface area contributed by atoms with Crippen molar-refractivity contribution in [3.63, 3.8) is 0 Å². The predicted molar refractivity (Wildman–Crippen MR) is 98.7 cm³/mol. The van der Waals surface area contributed by atoms with Gasteiger partial charge in [0.2, 0.25) is 0 Å². The summed E-state index contributed by atoms with van der Waals surface area (Å²) in [5.74, 6) is -0.460. The third kappa shape index (κ3) is 3.52. The molecule has 1 aliphatic heterocycles. The number of nitrogens with one attached hydrogen (secondary N) is 2. The van der Waals surface area contributed by atoms with Gasteiger partial charge in [-0.3, -0.25) is 9.89 Å². The van der Waals surface area contributed by atoms with Gasteiger partial charge in [-0.15, -0.1) is 0 Å². The van der Waals surface area contributed by atoms with Crippen molar-refractivity contribution in [1.82, 2.24) is 15.1 Å². The maximum Gasteiger partial charge on any atom is 0.407 e. The van der Waals surface area contributed by atoms with E-state index < -0.39 is 17.8 Å². The Hall–Kier alpha value is -3.46. The number of benzene rings is 2. The number of amides is 2. The summed E-state index contributed by atoms with van der Waals surface area (Å²) in [6, 6.07) is 10.7. The smallest absolute Gasteiger partial charge is 0.407 e. The van der Waals surface area contributed by atoms with E-state index in [1.807, 2.05) is 12.1 Å². The monoisotopic (exact) mass is 384 g/mol. The summed E-state index contributed by atoms with van der Waals surface area (Å²) in [5.41, 5.74) is 1.82. The molecule has 1 unspecified atom stereocenters. The molecule has 1 atom stereocenters. The summed E-state index contributed by atoms with van der Waals surface area (Å²) in [4.78, 5) is 24.8. The zero-order chi connectivity index (χ0) is 19.7. The maximum absolute atomic E-state index is 13.0. The Morgan fingerprint density at radius 2 is 2.04 bits per heavy atom. The van der Waals surface area contributed by atoms with Crippen LogP contribution in [-0.4, -0.2) is 51.9 Å². The number of morpholine rings is 1. The first-order chi connectivity index (χ1) is 13.5. The fraction of sp³-hybridized carbons (Fsp3) is 0.211. The van der Waals surface area contributed by atoms with E-state index in [0.29, 0.717) is 35.4 Å². The van der Waals surface area contributed by atoms with E-state index in [1.165, 1.54) is 29.2 Å². The number of hydrogen-bond acceptors (Lipinski definition) is 4. The van der Waals surface area contributed by atoms with Gasteiger partial charge >= 0.3 is 6.09 Å². The molecule has 1 aromatic heterocycles. The summed E-state index contributed by atoms with van der Waals surface area (Å²) < 4.78 is 18.7. The van der Waals surface area contributed by atoms with E-state index >= 15 is 0 Å². The SMILES string of the molecule is O=C(Nc1n[nH]c2cc(C3CN(C(=O)O)CCO3)ccc12)c1ccc(F)cc1. The van der Waals surface area contributed by atoms with Crippen LogP contribution in [0.15, 0.2) is 42.5 Å². The zero-order valence-electron chi connectivity index (χ0n) is 14.7. The van der Waals surface area contributed by atoms with E-state index in [2.05, 4.69) is 15.5 Å². The molecule has 0 aliphatic carbocycles. The molecule has 1 fully saturated rings. The number of rotatable bonds is 3. The Balaban J connectivity index is 1.54. The second-order valence-electron chi connectivity index (χ2n) is 6.43. The number of carboxylic acid groups (broad SMARTS) is 1. The minimum Gasteiger partial charge on any atom is -0.465 e. The number of aromatic amines is 1. The molecule has 3 aromatic rings. The molecule has 0 saturated carbocycles. The van der Waals surface area contributed by atoms with E-state index in [-0.39, 0.29) is 12.6 Å². The van der Waals surface area contributed by atoms with Crippen LogP contribution in [0.25, 0.3) is 10.9 Å². The number of ether oxygens (including phenoxy) is 1. The minimum absolute atomic E-state index is 0.253. The topological polar surface area (TPSA) is 108 Å². The zero-order valence-corrected chi connectivity index (χ0v) is 14.7. The van der Waals surface area contributed by atoms with Gasteiger partial charge in [-0.2, -0.15) is 5.10 Å². The van der Waals surface area contributed by atoms with Crippen LogP contribution in [0, 0.1) is 5.82 Å². The number of anilines is 1. The van der Waals surface area contributed by atoms with Crippen molar-refractivity contribution in [1.29, 1.82) is 0 Å². The number of carbonyl (C=O) groups excluding carboxylic acids is 1. The molecular formula is C19H17FN4O4. The molecule has 0 bridgehead atoms. The first-order valence-corrected chi connectivity index (χ1v) is 8.65. The molecule has 1 saturated heterocycles. The van der Waals surface area contributed by atoms with Crippen molar-refractivity contribution in [2.24, 2.45) is 0 Å². The van der Waals surface area contributed by atoms with Crippen molar-refractivity contribution in [3.05, 3.63) is 59.4 Å². The summed E-state index contributed by atoms with van der Waals surface area (Å²) >= 11 is 0. The molecule has 28 heavy (non-hydrogen) atoms. The van der Waals surface area contributed by atoms with E-state index in [9.17, 15) is 14.0 Å². The lowest BCUT2D eigenvalue weighted by molar-refractivity contribution is -0.0231. The number of carbonyl (C=O) groups is 2. The number of H-pyrrole nitrogens is 1. The fourth-order valence-electron chi connectivity index (χ4n) is 3.14. The second-order valence-corrected chi connectivity index (χ2v) is 6.43. The third-order valence-electron chi connectivity index (χ3n) is 4.63. The number of halogens is 1. The Bertz CT molecular complexity index is 1030. The van der Waals surface area contributed by atoms with Gasteiger partial charge in [0.25, 0.3) is 5.91 Å². The van der Waals surface area contributed by atoms with Gasteiger partial charge in [0.05, 0.1) is 18.7 Å². The van der Waals surface area contributed by atoms with Crippen LogP contribution in [0.5, 0.6) is 0 Å². The number of aromatic nitrogens is 2. The van der Waals surface area contributed by atoms with Gasteiger partial charge in [0.1, 0.15) is 11.9 Å². The van der Waals surface area contributed by atoms with Crippen molar-refractivity contribution in [3.8, 4) is 0 Å². The van der Waals surface area contributed by atoms with Crippen LogP contribution in [-0.2, 0) is 4.74 Å². The Labute approximate surface area is 158 Å². The molecule has 2 aromatic carbocycles. The lowest BCUT2D eigenvalue weighted by Crippen LogP contribution is -2.41. The fourth-order valence-corrected chi connectivity index (χ4v) is 3.14. The number of hydrogen-bond donors (Lipinski definition) is 3. The molecule has 8 nitrogen and oxygen atoms in total. The van der Waals surface area contributed by atoms with Crippen LogP contribution >= 0.6 is 0 Å². The molecule has 0 spiro atoms. The highest BCUT2D eigenvalue weighted by molar-refractivity contribution is 6.07. The average molecular weight is 384 g/mol. The average Bonchev–Trinajstić information content (AvgIpc) is 3.10. The Kier molecular flexibility index (Phi) is 4.66. The molecule has 4 rings (SSSR count). The summed E-state index contributed by atoms with van der Waals surface area (Å²) in [5, 5.41) is 19.6. The van der Waals surface area contributed by atoms with Crippen LogP contribution < -0.4 is 5.32 Å². The number of nitrogens with zero attached hydrogens (tertiary/aromatic N) is 2. The van der Waals surface area contributed by atoms with Gasteiger partial charge < -0.3 is 20.1 Å². The Morgan fingerprint density at radius 1 is 1.25 bits per heavy atom. The largest absolute Gasteiger partial charge is 0.465 e. The van der Waals surface area contributed by atoms with Crippen LogP contribution in [0.1, 0.15) is 22.0 Å². The molecule has 2 amide bonds. The maximum atomic E-state index is 13.0. The van der Waals surface area contributed by atoms with Crippen molar-refractivity contribution in [2.45, 2.75) is 6.10 Å². The predicted octanol–water partition coefficient (Wildman–Crippen LogP) is 3.01. The highest BCUT2D eigenvalue weighted by Gasteiger charge is 2.25. The van der Waals surface area contributed by atoms with Gasteiger partial charge in [-0.1, -0.05) is 6.07 Å².